The van der Waals surface area contributed by atoms with Crippen LogP contribution in [0.2, 0.25) is 0 Å². The Balaban J connectivity index is 1.53. The van der Waals surface area contributed by atoms with E-state index < -0.39 is 17.4 Å². The fourth-order valence-corrected chi connectivity index (χ4v) is 6.53. The van der Waals surface area contributed by atoms with Crippen LogP contribution in [0.4, 0.5) is 5.82 Å². The lowest BCUT2D eigenvalue weighted by Gasteiger charge is -2.37. The second kappa shape index (κ2) is 14.0. The molecular formula is C29H47N3O5S. The number of esters is 1. The van der Waals surface area contributed by atoms with Crippen molar-refractivity contribution in [3.05, 3.63) is 22.7 Å². The summed E-state index contributed by atoms with van der Waals surface area (Å²) in [5.74, 6) is 1.49. The van der Waals surface area contributed by atoms with Gasteiger partial charge in [0.2, 0.25) is 11.3 Å². The molecule has 5 unspecified atom stereocenters. The molecule has 1 aromatic heterocycles. The Hall–Kier alpha value is -1.87. The van der Waals surface area contributed by atoms with Crippen LogP contribution in [0.1, 0.15) is 106 Å². The molecule has 1 aromatic rings. The molecule has 214 valence electrons. The van der Waals surface area contributed by atoms with Crippen molar-refractivity contribution >= 4 is 29.5 Å². The first-order valence-corrected chi connectivity index (χ1v) is 15.4. The number of hydrogen-bond acceptors (Lipinski definition) is 7. The van der Waals surface area contributed by atoms with Gasteiger partial charge in [0, 0.05) is 18.4 Å². The number of rotatable bonds is 12. The van der Waals surface area contributed by atoms with Gasteiger partial charge in [-0.2, -0.15) is 4.98 Å². The Labute approximate surface area is 232 Å². The third-order valence-corrected chi connectivity index (χ3v) is 8.93. The molecule has 5 atom stereocenters. The van der Waals surface area contributed by atoms with Gasteiger partial charge in [0.25, 0.3) is 0 Å². The molecule has 0 spiro atoms. The Bertz CT molecular complexity index is 995. The van der Waals surface area contributed by atoms with Gasteiger partial charge in [0.1, 0.15) is 18.1 Å². The van der Waals surface area contributed by atoms with Crippen molar-refractivity contribution < 1.29 is 19.1 Å². The van der Waals surface area contributed by atoms with Gasteiger partial charge in [-0.3, -0.25) is 9.36 Å². The van der Waals surface area contributed by atoms with Crippen molar-refractivity contribution in [2.75, 3.05) is 11.1 Å². The highest BCUT2D eigenvalue weighted by Gasteiger charge is 2.39. The summed E-state index contributed by atoms with van der Waals surface area (Å²) in [5.41, 5.74) is -1.41. The lowest BCUT2D eigenvalue weighted by molar-refractivity contribution is -0.166. The summed E-state index contributed by atoms with van der Waals surface area (Å²) in [6.45, 7) is 12.9. The Kier molecular flexibility index (Phi) is 11.3. The maximum Gasteiger partial charge on any atom is 0.351 e. The fourth-order valence-electron chi connectivity index (χ4n) is 5.56. The number of thioether (sulfide) groups is 1. The fraction of sp³-hybridized carbons (Fsp3) is 0.793. The van der Waals surface area contributed by atoms with Crippen molar-refractivity contribution in [3.63, 3.8) is 0 Å². The molecule has 1 amide bonds. The number of hydrogen-bond donors (Lipinski definition) is 1. The van der Waals surface area contributed by atoms with Gasteiger partial charge in [0.15, 0.2) is 0 Å². The van der Waals surface area contributed by atoms with Gasteiger partial charge in [-0.1, -0.05) is 73.6 Å². The zero-order valence-electron chi connectivity index (χ0n) is 24.0. The number of nitrogens with one attached hydrogen (secondary N) is 1. The summed E-state index contributed by atoms with van der Waals surface area (Å²) >= 11 is 1.34. The third-order valence-electron chi connectivity index (χ3n) is 7.85. The minimum absolute atomic E-state index is 0.0943. The van der Waals surface area contributed by atoms with E-state index in [-0.39, 0.29) is 29.2 Å². The molecule has 1 saturated heterocycles. The maximum absolute atomic E-state index is 12.9. The first-order chi connectivity index (χ1) is 18.0. The van der Waals surface area contributed by atoms with Gasteiger partial charge < -0.3 is 14.8 Å². The molecule has 0 bridgehead atoms. The molecule has 1 N–H and O–H groups in total. The summed E-state index contributed by atoms with van der Waals surface area (Å²) in [6, 6.07) is 1.60. The van der Waals surface area contributed by atoms with E-state index in [4.69, 9.17) is 9.47 Å². The van der Waals surface area contributed by atoms with Crippen molar-refractivity contribution in [1.29, 1.82) is 0 Å². The van der Waals surface area contributed by atoms with Crippen molar-refractivity contribution in [3.8, 4) is 0 Å². The summed E-state index contributed by atoms with van der Waals surface area (Å²) in [4.78, 5) is 42.3. The number of anilines is 1. The van der Waals surface area contributed by atoms with E-state index in [0.717, 1.165) is 32.1 Å². The van der Waals surface area contributed by atoms with Crippen LogP contribution < -0.4 is 11.0 Å². The number of carbonyl (C=O) groups excluding carboxylic acids is 2. The molecule has 0 radical (unpaired) electrons. The first-order valence-electron chi connectivity index (χ1n) is 14.4. The minimum Gasteiger partial charge on any atom is -0.459 e. The Morgan fingerprint density at radius 1 is 1.26 bits per heavy atom. The molecule has 1 aliphatic carbocycles. The predicted molar refractivity (Wildman–Crippen MR) is 152 cm³/mol. The average Bonchev–Trinajstić information content (AvgIpc) is 3.31. The molecule has 38 heavy (non-hydrogen) atoms. The molecule has 2 heterocycles. The van der Waals surface area contributed by atoms with Gasteiger partial charge in [-0.25, -0.2) is 9.59 Å². The number of carbonyl (C=O) groups is 2. The highest BCUT2D eigenvalue weighted by atomic mass is 32.2. The number of unbranched alkanes of at least 4 members (excludes halogenated alkanes) is 3. The lowest BCUT2D eigenvalue weighted by Crippen LogP contribution is -2.38. The topological polar surface area (TPSA) is 99.5 Å². The smallest absolute Gasteiger partial charge is 0.351 e. The second-order valence-corrected chi connectivity index (χ2v) is 13.4. The summed E-state index contributed by atoms with van der Waals surface area (Å²) in [7, 11) is 0. The number of nitrogens with zero attached hydrogens (tertiary/aromatic N) is 2. The molecule has 3 rings (SSSR count). The minimum atomic E-state index is -0.768. The van der Waals surface area contributed by atoms with Crippen LogP contribution in [0, 0.1) is 23.2 Å². The second-order valence-electron chi connectivity index (χ2n) is 12.3. The molecule has 9 heteroatoms. The van der Waals surface area contributed by atoms with Gasteiger partial charge in [-0.15, -0.1) is 11.8 Å². The van der Waals surface area contributed by atoms with Crippen LogP contribution in [0.15, 0.2) is 17.1 Å². The summed E-state index contributed by atoms with van der Waals surface area (Å²) in [6.07, 6.45) is 10.0. The highest BCUT2D eigenvalue weighted by molar-refractivity contribution is 8.00. The van der Waals surface area contributed by atoms with E-state index in [2.05, 4.69) is 51.8 Å². The van der Waals surface area contributed by atoms with Gasteiger partial charge in [-0.05, 0) is 48.5 Å². The molecule has 1 aliphatic heterocycles. The van der Waals surface area contributed by atoms with Crippen molar-refractivity contribution in [2.24, 2.45) is 23.2 Å². The van der Waals surface area contributed by atoms with Crippen LogP contribution in [-0.2, 0) is 19.1 Å². The summed E-state index contributed by atoms with van der Waals surface area (Å²) in [5, 5.41) is 2.76. The van der Waals surface area contributed by atoms with Crippen molar-refractivity contribution in [2.45, 2.75) is 117 Å². The Morgan fingerprint density at radius 2 is 2.03 bits per heavy atom. The normalized spacial score (nSPS) is 25.9. The monoisotopic (exact) mass is 549 g/mol. The molecule has 0 aromatic carbocycles. The highest BCUT2D eigenvalue weighted by Crippen LogP contribution is 2.37. The molecular weight excluding hydrogens is 502 g/mol. The lowest BCUT2D eigenvalue weighted by atomic mass is 9.75. The van der Waals surface area contributed by atoms with E-state index in [1.165, 1.54) is 35.6 Å². The Morgan fingerprint density at radius 3 is 2.71 bits per heavy atom. The van der Waals surface area contributed by atoms with E-state index in [9.17, 15) is 14.4 Å². The zero-order valence-corrected chi connectivity index (χ0v) is 24.9. The van der Waals surface area contributed by atoms with E-state index in [1.54, 1.807) is 12.3 Å². The molecule has 2 aliphatic rings. The average molecular weight is 550 g/mol. The van der Waals surface area contributed by atoms with Crippen LogP contribution >= 0.6 is 11.8 Å². The van der Waals surface area contributed by atoms with Gasteiger partial charge in [0.05, 0.1) is 0 Å². The molecule has 2 fully saturated rings. The zero-order chi connectivity index (χ0) is 27.9. The quantitative estimate of drug-likeness (QED) is 0.246. The first kappa shape index (κ1) is 30.7. The number of amides is 1. The summed E-state index contributed by atoms with van der Waals surface area (Å²) < 4.78 is 13.2. The van der Waals surface area contributed by atoms with Crippen LogP contribution in [-0.4, -0.2) is 38.7 Å². The third kappa shape index (κ3) is 8.83. The number of aromatic nitrogens is 2. The van der Waals surface area contributed by atoms with E-state index in [0.29, 0.717) is 29.9 Å². The molecule has 1 saturated carbocycles. The van der Waals surface area contributed by atoms with Crippen LogP contribution in [0.25, 0.3) is 0 Å². The van der Waals surface area contributed by atoms with E-state index in [1.807, 2.05) is 0 Å². The predicted octanol–water partition coefficient (Wildman–Crippen LogP) is 6.16. The van der Waals surface area contributed by atoms with Gasteiger partial charge >= 0.3 is 11.7 Å². The van der Waals surface area contributed by atoms with E-state index >= 15 is 0 Å². The van der Waals surface area contributed by atoms with Crippen molar-refractivity contribution in [1.82, 2.24) is 9.55 Å². The maximum atomic E-state index is 12.9. The number of ether oxygens (including phenoxy) is 2. The molecule has 8 nitrogen and oxygen atoms in total. The standard InChI is InChI=1S/C29H47N3O5S/c1-7-8-9-10-14-29(5,6)17-24(33)30-23-13-15-32(28(35)31-23)25-18-38-27(37-25)26(34)36-22-16-20(4)11-12-21(22)19(2)3/h13,15,19-22,25,27H,7-12,14,16-18H2,1-6H3,(H,30,31,33,35). The largest absolute Gasteiger partial charge is 0.459 e. The SMILES string of the molecule is CCCCCCC(C)(C)CC(=O)Nc1ccn(C2CSC(C(=O)OC3CC(C)CCC3C(C)C)O2)c(=O)n1. The van der Waals surface area contributed by atoms with Crippen LogP contribution in [0.3, 0.4) is 0 Å². The van der Waals surface area contributed by atoms with Crippen LogP contribution in [0.5, 0.6) is 0 Å².